The number of nitrogens with zero attached hydrogens (tertiary/aromatic N) is 2. The van der Waals surface area contributed by atoms with Crippen molar-refractivity contribution in [2.24, 2.45) is 0 Å². The van der Waals surface area contributed by atoms with Crippen LogP contribution >= 0.6 is 0 Å². The molecule has 0 radical (unpaired) electrons. The highest BCUT2D eigenvalue weighted by molar-refractivity contribution is 5.78. The average molecular weight is 473 g/mol. The Morgan fingerprint density at radius 3 is 2.06 bits per heavy atom. The number of aryl methyl sites for hydroxylation is 1. The molecule has 1 heterocycles. The number of rotatable bonds is 12. The zero-order valence-electron chi connectivity index (χ0n) is 20.6. The van der Waals surface area contributed by atoms with Gasteiger partial charge >= 0.3 is 0 Å². The summed E-state index contributed by atoms with van der Waals surface area (Å²) in [7, 11) is 4.84. The van der Waals surface area contributed by atoms with E-state index in [9.17, 15) is 0 Å². The van der Waals surface area contributed by atoms with Gasteiger partial charge in [0.15, 0.2) is 11.5 Å². The highest BCUT2D eigenvalue weighted by Crippen LogP contribution is 2.40. The molecule has 4 rings (SSSR count). The highest BCUT2D eigenvalue weighted by Gasteiger charge is 2.16. The lowest BCUT2D eigenvalue weighted by molar-refractivity contribution is 0.114. The second-order valence-electron chi connectivity index (χ2n) is 8.12. The van der Waals surface area contributed by atoms with Crippen LogP contribution in [0.2, 0.25) is 0 Å². The molecule has 3 aromatic carbocycles. The van der Waals surface area contributed by atoms with E-state index in [-0.39, 0.29) is 0 Å². The first kappa shape index (κ1) is 24.4. The van der Waals surface area contributed by atoms with Gasteiger partial charge in [-0.05, 0) is 25.0 Å². The van der Waals surface area contributed by atoms with Gasteiger partial charge in [0.2, 0.25) is 5.75 Å². The van der Waals surface area contributed by atoms with Crippen molar-refractivity contribution in [3.63, 3.8) is 0 Å². The van der Waals surface area contributed by atoms with Gasteiger partial charge in [-0.1, -0.05) is 60.7 Å². The van der Waals surface area contributed by atoms with Crippen molar-refractivity contribution in [3.05, 3.63) is 84.7 Å². The molecule has 0 amide bonds. The van der Waals surface area contributed by atoms with Crippen molar-refractivity contribution in [1.82, 2.24) is 9.55 Å². The topological polar surface area (TPSA) is 54.7 Å². The zero-order chi connectivity index (χ0) is 24.5. The van der Waals surface area contributed by atoms with E-state index in [1.54, 1.807) is 21.3 Å². The summed E-state index contributed by atoms with van der Waals surface area (Å²) in [5, 5.41) is 0. The minimum Gasteiger partial charge on any atom is -0.493 e. The van der Waals surface area contributed by atoms with E-state index in [1.807, 2.05) is 42.7 Å². The van der Waals surface area contributed by atoms with Crippen LogP contribution in [0, 0.1) is 0 Å². The third-order valence-electron chi connectivity index (χ3n) is 5.91. The van der Waals surface area contributed by atoms with Crippen molar-refractivity contribution >= 4 is 0 Å². The molecule has 6 heteroatoms. The third kappa shape index (κ3) is 5.66. The lowest BCUT2D eigenvalue weighted by atomic mass is 10.0. The van der Waals surface area contributed by atoms with E-state index in [1.165, 1.54) is 5.56 Å². The van der Waals surface area contributed by atoms with Crippen LogP contribution in [0.25, 0.3) is 22.5 Å². The van der Waals surface area contributed by atoms with E-state index in [0.717, 1.165) is 41.9 Å². The van der Waals surface area contributed by atoms with E-state index >= 15 is 0 Å². The molecule has 35 heavy (non-hydrogen) atoms. The molecule has 0 aliphatic rings. The maximum atomic E-state index is 5.96. The van der Waals surface area contributed by atoms with Crippen LogP contribution in [-0.4, -0.2) is 37.5 Å². The van der Waals surface area contributed by atoms with Crippen molar-refractivity contribution in [3.8, 4) is 39.8 Å². The van der Waals surface area contributed by atoms with Crippen LogP contribution < -0.4 is 14.2 Å². The van der Waals surface area contributed by atoms with Crippen molar-refractivity contribution in [2.45, 2.75) is 26.0 Å². The molecular weight excluding hydrogens is 440 g/mol. The lowest BCUT2D eigenvalue weighted by Crippen LogP contribution is -2.03. The van der Waals surface area contributed by atoms with Gasteiger partial charge < -0.3 is 23.5 Å². The van der Waals surface area contributed by atoms with E-state index in [4.69, 9.17) is 23.9 Å². The number of imidazole rings is 1. The number of hydrogen-bond donors (Lipinski definition) is 0. The zero-order valence-corrected chi connectivity index (χ0v) is 20.6. The summed E-state index contributed by atoms with van der Waals surface area (Å²) >= 11 is 0. The Bertz CT molecular complexity index is 1210. The van der Waals surface area contributed by atoms with E-state index in [0.29, 0.717) is 30.5 Å². The summed E-state index contributed by atoms with van der Waals surface area (Å²) < 4.78 is 24.6. The monoisotopic (exact) mass is 472 g/mol. The van der Waals surface area contributed by atoms with Gasteiger partial charge in [-0.25, -0.2) is 4.98 Å². The normalized spacial score (nSPS) is 10.8. The fourth-order valence-electron chi connectivity index (χ4n) is 4.20. The Balaban J connectivity index is 1.37. The number of methoxy groups -OCH3 is 3. The van der Waals surface area contributed by atoms with Gasteiger partial charge in [-0.2, -0.15) is 0 Å². The molecule has 0 aliphatic heterocycles. The largest absolute Gasteiger partial charge is 0.493 e. The minimum absolute atomic E-state index is 0.446. The molecule has 182 valence electrons. The maximum absolute atomic E-state index is 5.96. The number of hydrogen-bond acceptors (Lipinski definition) is 5. The summed E-state index contributed by atoms with van der Waals surface area (Å²) in [5.74, 6) is 1.86. The molecule has 0 saturated heterocycles. The summed E-state index contributed by atoms with van der Waals surface area (Å²) in [5.41, 5.74) is 5.37. The predicted octanol–water partition coefficient (Wildman–Crippen LogP) is 6.24. The first-order valence-electron chi connectivity index (χ1n) is 11.8. The molecule has 0 unspecified atom stereocenters. The van der Waals surface area contributed by atoms with Gasteiger partial charge in [-0.3, -0.25) is 0 Å². The Hall–Kier alpha value is -3.77. The molecule has 0 aliphatic carbocycles. The van der Waals surface area contributed by atoms with Crippen molar-refractivity contribution in [2.75, 3.05) is 27.9 Å². The molecule has 0 bridgehead atoms. The summed E-state index contributed by atoms with van der Waals surface area (Å²) in [6.07, 6.45) is 3.86. The molecule has 0 spiro atoms. The van der Waals surface area contributed by atoms with Gasteiger partial charge in [0.05, 0.1) is 45.7 Å². The predicted molar refractivity (Wildman–Crippen MR) is 138 cm³/mol. The van der Waals surface area contributed by atoms with Crippen LogP contribution in [-0.2, 0) is 17.9 Å². The Labute approximate surface area is 207 Å². The number of benzene rings is 3. The molecule has 1 aromatic heterocycles. The second kappa shape index (κ2) is 12.1. The standard InChI is InChI=1S/C29H32N2O4/c1-32-25-17-16-24(28(33-2)29(25)34-3)20-35-19-11-10-18-31-21-30-26(22-12-6-4-7-13-22)27(31)23-14-8-5-9-15-23/h4-9,12-17,21H,10-11,18-20H2,1-3H3. The van der Waals surface area contributed by atoms with Gasteiger partial charge in [-0.15, -0.1) is 0 Å². The van der Waals surface area contributed by atoms with Gasteiger partial charge in [0.25, 0.3) is 0 Å². The third-order valence-corrected chi connectivity index (χ3v) is 5.91. The fraction of sp³-hybridized carbons (Fsp3) is 0.276. The number of ether oxygens (including phenoxy) is 4. The van der Waals surface area contributed by atoms with Crippen molar-refractivity contribution in [1.29, 1.82) is 0 Å². The number of unbranched alkanes of at least 4 members (excludes halogenated alkanes) is 1. The smallest absolute Gasteiger partial charge is 0.203 e. The Morgan fingerprint density at radius 2 is 1.40 bits per heavy atom. The van der Waals surface area contributed by atoms with Crippen LogP contribution in [0.15, 0.2) is 79.1 Å². The summed E-state index contributed by atoms with van der Waals surface area (Å²) in [4.78, 5) is 4.76. The first-order chi connectivity index (χ1) is 17.3. The average Bonchev–Trinajstić information content (AvgIpc) is 3.34. The second-order valence-corrected chi connectivity index (χ2v) is 8.12. The highest BCUT2D eigenvalue weighted by atomic mass is 16.5. The Morgan fingerprint density at radius 1 is 0.714 bits per heavy atom. The quantitative estimate of drug-likeness (QED) is 0.229. The van der Waals surface area contributed by atoms with Crippen LogP contribution in [0.5, 0.6) is 17.2 Å². The maximum Gasteiger partial charge on any atom is 0.203 e. The number of aromatic nitrogens is 2. The fourth-order valence-corrected chi connectivity index (χ4v) is 4.20. The lowest BCUT2D eigenvalue weighted by Gasteiger charge is -2.16. The molecule has 0 fully saturated rings. The molecule has 0 saturated carbocycles. The molecule has 0 atom stereocenters. The molecule has 0 N–H and O–H groups in total. The van der Waals surface area contributed by atoms with Crippen LogP contribution in [0.1, 0.15) is 18.4 Å². The summed E-state index contributed by atoms with van der Waals surface area (Å²) in [6.45, 7) is 1.97. The van der Waals surface area contributed by atoms with E-state index < -0.39 is 0 Å². The van der Waals surface area contributed by atoms with Crippen LogP contribution in [0.3, 0.4) is 0 Å². The SMILES string of the molecule is COc1ccc(COCCCCn2cnc(-c3ccccc3)c2-c2ccccc2)c(OC)c1OC. The van der Waals surface area contributed by atoms with Gasteiger partial charge in [0, 0.05) is 29.8 Å². The molecule has 6 nitrogen and oxygen atoms in total. The Kier molecular flexibility index (Phi) is 8.41. The van der Waals surface area contributed by atoms with Crippen LogP contribution in [0.4, 0.5) is 0 Å². The van der Waals surface area contributed by atoms with Crippen molar-refractivity contribution < 1.29 is 18.9 Å². The summed E-state index contributed by atoms with van der Waals surface area (Å²) in [6, 6.07) is 24.6. The molecular formula is C29H32N2O4. The molecule has 4 aromatic rings. The van der Waals surface area contributed by atoms with Gasteiger partial charge in [0.1, 0.15) is 0 Å². The minimum atomic E-state index is 0.446. The van der Waals surface area contributed by atoms with E-state index in [2.05, 4.69) is 41.0 Å². The first-order valence-corrected chi connectivity index (χ1v) is 11.8.